The minimum Gasteiger partial charge on any atom is -0.200 e. The number of alkyl halides is 26. The van der Waals surface area contributed by atoms with Crippen LogP contribution in [0, 0.1) is 5.92 Å². The Hall–Kier alpha value is -2.12. The average molecular weight is 877 g/mol. The molecule has 1 rings (SSSR count). The van der Waals surface area contributed by atoms with Gasteiger partial charge in [-0.2, -0.15) is 114 Å². The number of hydrogen-bond acceptors (Lipinski definition) is 0. The maximum Gasteiger partial charge on any atom is 0.460 e. The molecule has 0 saturated heterocycles. The maximum atomic E-state index is 14.5. The van der Waals surface area contributed by atoms with E-state index in [4.69, 9.17) is 0 Å². The van der Waals surface area contributed by atoms with Crippen LogP contribution in [-0.4, -0.2) is 71.6 Å². The van der Waals surface area contributed by atoms with Gasteiger partial charge < -0.3 is 0 Å². The second-order valence-electron chi connectivity index (χ2n) is 10.8. The summed E-state index contributed by atoms with van der Waals surface area (Å²) in [5.41, 5.74) is -0.0350. The van der Waals surface area contributed by atoms with E-state index in [1.807, 2.05) is 0 Å². The van der Waals surface area contributed by atoms with Gasteiger partial charge in [0.05, 0.1) is 0 Å². The van der Waals surface area contributed by atoms with Gasteiger partial charge in [0.1, 0.15) is 0 Å². The first-order chi connectivity index (χ1) is 22.1. The van der Waals surface area contributed by atoms with Crippen LogP contribution in [0.1, 0.15) is 31.2 Å². The number of aryl methyl sites for hydroxylation is 1. The molecule has 27 heteroatoms. The zero-order chi connectivity index (χ0) is 41.1. The van der Waals surface area contributed by atoms with Crippen LogP contribution in [0.5, 0.6) is 0 Å². The van der Waals surface area contributed by atoms with E-state index in [9.17, 15) is 114 Å². The molecule has 0 spiro atoms. The van der Waals surface area contributed by atoms with Crippen molar-refractivity contribution in [1.82, 2.24) is 0 Å². The van der Waals surface area contributed by atoms with Crippen molar-refractivity contribution >= 4 is 15.9 Å². The summed E-state index contributed by atoms with van der Waals surface area (Å²) in [6.45, 7) is 0. The van der Waals surface area contributed by atoms with E-state index in [-0.39, 0.29) is 10.0 Å². The van der Waals surface area contributed by atoms with Gasteiger partial charge >= 0.3 is 71.6 Å². The van der Waals surface area contributed by atoms with Crippen molar-refractivity contribution in [1.29, 1.82) is 0 Å². The number of hydrogen-bond donors (Lipinski definition) is 0. The Morgan fingerprint density at radius 3 is 0.941 bits per heavy atom. The summed E-state index contributed by atoms with van der Waals surface area (Å²) < 4.78 is 351. The fourth-order valence-electron chi connectivity index (χ4n) is 4.11. The molecule has 0 nitrogen and oxygen atoms in total. The standard InChI is InChI=1S/C24H15BrF26/c25-12-6-4-10(5-7-12)2-1-3-11(8-13(26,27)15(30,31)17(34,35)19(38,39)21(42,43)23(46,47)48)9-14(28,29)16(32,33)18(36,37)20(40,41)22(44,45)24(49,50)51/h4-7,11H,1-3,8-9H2. The zero-order valence-electron chi connectivity index (χ0n) is 23.6. The Morgan fingerprint density at radius 1 is 0.392 bits per heavy atom. The number of rotatable bonds is 16. The molecule has 0 aliphatic heterocycles. The molecule has 0 aliphatic rings. The smallest absolute Gasteiger partial charge is 0.200 e. The molecule has 51 heavy (non-hydrogen) atoms. The van der Waals surface area contributed by atoms with Gasteiger partial charge in [-0.25, -0.2) is 0 Å². The number of halogens is 27. The summed E-state index contributed by atoms with van der Waals surface area (Å²) in [4.78, 5) is 0. The van der Waals surface area contributed by atoms with Crippen LogP contribution < -0.4 is 0 Å². The summed E-state index contributed by atoms with van der Waals surface area (Å²) in [6.07, 6.45) is -27.0. The quantitative estimate of drug-likeness (QED) is 0.145. The SMILES string of the molecule is FC(F)(F)C(F)(F)C(F)(F)C(F)(F)C(F)(F)C(F)(F)CC(CCCc1ccc(Br)cc1)CC(F)(F)C(F)(F)C(F)(F)C(F)(F)C(F)(F)C(F)(F)F. The summed E-state index contributed by atoms with van der Waals surface area (Å²) >= 11 is 2.89. The van der Waals surface area contributed by atoms with E-state index >= 15 is 0 Å². The van der Waals surface area contributed by atoms with E-state index in [1.54, 1.807) is 0 Å². The van der Waals surface area contributed by atoms with Crippen LogP contribution in [0.25, 0.3) is 0 Å². The topological polar surface area (TPSA) is 0 Å². The van der Waals surface area contributed by atoms with Crippen molar-refractivity contribution in [2.75, 3.05) is 0 Å². The Balaban J connectivity index is 3.75. The predicted octanol–water partition coefficient (Wildman–Crippen LogP) is 12.6. The van der Waals surface area contributed by atoms with Gasteiger partial charge in [-0.3, -0.25) is 0 Å². The molecule has 1 aromatic carbocycles. The lowest BCUT2D eigenvalue weighted by atomic mass is 9.82. The highest BCUT2D eigenvalue weighted by Crippen LogP contribution is 2.63. The Labute approximate surface area is 274 Å². The summed E-state index contributed by atoms with van der Waals surface area (Å²) in [5.74, 6) is -85.6. The van der Waals surface area contributed by atoms with Crippen molar-refractivity contribution in [3.8, 4) is 0 Å². The predicted molar refractivity (Wildman–Crippen MR) is 121 cm³/mol. The molecule has 0 saturated carbocycles. The highest BCUT2D eigenvalue weighted by atomic mass is 79.9. The first kappa shape index (κ1) is 46.9. The molecule has 300 valence electrons. The van der Waals surface area contributed by atoms with Crippen molar-refractivity contribution in [3.05, 3.63) is 34.3 Å². The van der Waals surface area contributed by atoms with E-state index in [1.165, 1.54) is 12.1 Å². The summed E-state index contributed by atoms with van der Waals surface area (Å²) in [7, 11) is 0. The maximum absolute atomic E-state index is 14.5. The first-order valence-corrected chi connectivity index (χ1v) is 13.5. The molecular formula is C24H15BrF26. The lowest BCUT2D eigenvalue weighted by Crippen LogP contribution is -2.70. The van der Waals surface area contributed by atoms with Gasteiger partial charge in [0, 0.05) is 17.3 Å². The molecule has 0 N–H and O–H groups in total. The van der Waals surface area contributed by atoms with Crippen LogP contribution >= 0.6 is 15.9 Å². The Bertz CT molecular complexity index is 1250. The monoisotopic (exact) mass is 876 g/mol. The van der Waals surface area contributed by atoms with Crippen molar-refractivity contribution in [3.63, 3.8) is 0 Å². The summed E-state index contributed by atoms with van der Waals surface area (Å²) in [6, 6.07) is 4.51. The van der Waals surface area contributed by atoms with E-state index < -0.39 is 110 Å². The minimum absolute atomic E-state index is 0.0350. The van der Waals surface area contributed by atoms with Crippen LogP contribution in [-0.2, 0) is 6.42 Å². The highest BCUT2D eigenvalue weighted by Gasteiger charge is 2.92. The van der Waals surface area contributed by atoms with Crippen LogP contribution in [0.3, 0.4) is 0 Å². The molecule has 0 unspecified atom stereocenters. The van der Waals surface area contributed by atoms with E-state index in [0.29, 0.717) is 0 Å². The molecular weight excluding hydrogens is 862 g/mol. The molecule has 1 aromatic rings. The zero-order valence-corrected chi connectivity index (χ0v) is 25.2. The van der Waals surface area contributed by atoms with Gasteiger partial charge in [0.15, 0.2) is 0 Å². The fourth-order valence-corrected chi connectivity index (χ4v) is 4.37. The normalized spacial score (nSPS) is 15.9. The van der Waals surface area contributed by atoms with Crippen LogP contribution in [0.4, 0.5) is 114 Å². The van der Waals surface area contributed by atoms with Gasteiger partial charge in [-0.1, -0.05) is 28.1 Å². The van der Waals surface area contributed by atoms with E-state index in [0.717, 1.165) is 12.1 Å². The third-order valence-corrected chi connectivity index (χ3v) is 7.61. The van der Waals surface area contributed by atoms with Crippen LogP contribution in [0.2, 0.25) is 0 Å². The molecule has 0 atom stereocenters. The second kappa shape index (κ2) is 13.6. The molecule has 0 heterocycles. The molecule has 0 amide bonds. The highest BCUT2D eigenvalue weighted by molar-refractivity contribution is 9.10. The van der Waals surface area contributed by atoms with Gasteiger partial charge in [0.25, 0.3) is 0 Å². The fraction of sp³-hybridized carbons (Fsp3) is 0.750. The average Bonchev–Trinajstić information content (AvgIpc) is 2.91. The van der Waals surface area contributed by atoms with Gasteiger partial charge in [0.2, 0.25) is 0 Å². The molecule has 0 aromatic heterocycles. The van der Waals surface area contributed by atoms with Crippen LogP contribution in [0.15, 0.2) is 28.7 Å². The lowest BCUT2D eigenvalue weighted by molar-refractivity contribution is -0.443. The molecule has 0 radical (unpaired) electrons. The molecule has 0 bridgehead atoms. The third kappa shape index (κ3) is 7.77. The van der Waals surface area contributed by atoms with Crippen molar-refractivity contribution in [2.45, 2.75) is 104 Å². The Morgan fingerprint density at radius 2 is 0.667 bits per heavy atom. The third-order valence-electron chi connectivity index (χ3n) is 7.08. The Kier molecular flexibility index (Phi) is 12.5. The summed E-state index contributed by atoms with van der Waals surface area (Å²) in [5, 5.41) is 0. The second-order valence-corrected chi connectivity index (χ2v) is 11.7. The minimum atomic E-state index is -8.55. The van der Waals surface area contributed by atoms with Gasteiger partial charge in [-0.15, -0.1) is 0 Å². The number of benzene rings is 1. The molecule has 0 aliphatic carbocycles. The first-order valence-electron chi connectivity index (χ1n) is 12.7. The largest absolute Gasteiger partial charge is 0.460 e. The van der Waals surface area contributed by atoms with Crippen molar-refractivity contribution < 1.29 is 114 Å². The lowest BCUT2D eigenvalue weighted by Gasteiger charge is -2.42. The van der Waals surface area contributed by atoms with E-state index in [2.05, 4.69) is 15.9 Å². The van der Waals surface area contributed by atoms with Crippen molar-refractivity contribution in [2.24, 2.45) is 5.92 Å². The van der Waals surface area contributed by atoms with Gasteiger partial charge in [-0.05, 0) is 42.9 Å². The molecule has 0 fully saturated rings.